The first kappa shape index (κ1) is 14.2. The first-order valence-electron chi connectivity index (χ1n) is 3.88. The molecule has 0 atom stereocenters. The van der Waals surface area contributed by atoms with Gasteiger partial charge in [-0.25, -0.2) is 0 Å². The van der Waals surface area contributed by atoms with Gasteiger partial charge in [-0.15, -0.1) is 0 Å². The maximum atomic E-state index is 11.6. The summed E-state index contributed by atoms with van der Waals surface area (Å²) in [4.78, 5) is 22.8. The van der Waals surface area contributed by atoms with Crippen LogP contribution in [0.4, 0.5) is 0 Å². The van der Waals surface area contributed by atoms with Gasteiger partial charge in [0.2, 0.25) is 0 Å². The van der Waals surface area contributed by atoms with Gasteiger partial charge in [0.05, 0.1) is 5.16 Å². The van der Waals surface area contributed by atoms with Gasteiger partial charge < -0.3 is 15.6 Å². The Kier molecular flexibility index (Phi) is 4.49. The number of aromatic nitrogens is 2. The van der Waals surface area contributed by atoms with Crippen LogP contribution >= 0.6 is 31.9 Å². The van der Waals surface area contributed by atoms with E-state index in [1.165, 1.54) is 0 Å². The molecule has 2 N–H and O–H groups in total. The van der Waals surface area contributed by atoms with Crippen molar-refractivity contribution >= 4 is 52.7 Å². The molecule has 0 aliphatic carbocycles. The highest BCUT2D eigenvalue weighted by atomic mass is 79.9. The van der Waals surface area contributed by atoms with Crippen LogP contribution in [0.15, 0.2) is 14.9 Å². The van der Waals surface area contributed by atoms with Gasteiger partial charge in [-0.05, 0) is 36.8 Å². The Morgan fingerprint density at radius 1 is 1.22 bits per heavy atom. The quantitative estimate of drug-likeness (QED) is 0.244. The second-order valence-electron chi connectivity index (χ2n) is 2.57. The molecule has 0 saturated heterocycles. The van der Waals surface area contributed by atoms with Crippen molar-refractivity contribution in [2.75, 3.05) is 0 Å². The third-order valence-corrected chi connectivity index (χ3v) is 2.63. The summed E-state index contributed by atoms with van der Waals surface area (Å²) in [5.41, 5.74) is -1.54. The predicted octanol–water partition coefficient (Wildman–Crippen LogP) is 0.0386. The highest BCUT2D eigenvalue weighted by Crippen LogP contribution is 2.10. The highest BCUT2D eigenvalue weighted by Gasteiger charge is 2.35. The second-order valence-corrected chi connectivity index (χ2v) is 4.07. The maximum Gasteiger partial charge on any atom is 0.302 e. The molecular formula is C6H2Br2N4O6. The summed E-state index contributed by atoms with van der Waals surface area (Å²) in [5.74, 6) is -2.22. The van der Waals surface area contributed by atoms with Crippen molar-refractivity contribution < 1.29 is 29.5 Å². The number of carbonyl (C=O) groups excluding carboxylic acids is 2. The fraction of sp³-hybridized carbons (Fsp3) is 0. The van der Waals surface area contributed by atoms with Gasteiger partial charge in [0.1, 0.15) is 0 Å². The fourth-order valence-corrected chi connectivity index (χ4v) is 1.25. The molecule has 12 heteroatoms. The number of Topliss-reactive ketones (excluding diaryl/α,β-unsaturated/α-hetero) is 2. The summed E-state index contributed by atoms with van der Waals surface area (Å²) in [7, 11) is 0. The number of carbonyl (C=O) groups is 2. The molecule has 1 rings (SSSR count). The Hall–Kier alpha value is -1.82. The van der Waals surface area contributed by atoms with E-state index in [0.29, 0.717) is 0 Å². The molecule has 0 amide bonds. The Morgan fingerprint density at radius 3 is 2.22 bits per heavy atom. The number of hydrogen-bond donors (Lipinski definition) is 2. The smallest absolute Gasteiger partial charge is 0.302 e. The zero-order chi connectivity index (χ0) is 13.9. The molecule has 0 bridgehead atoms. The molecule has 1 aromatic rings. The van der Waals surface area contributed by atoms with Gasteiger partial charge in [0, 0.05) is 0 Å². The van der Waals surface area contributed by atoms with Crippen LogP contribution in [0.1, 0.15) is 21.0 Å². The fourth-order valence-electron chi connectivity index (χ4n) is 0.874. The SMILES string of the molecule is O=C(C(Br)=NO)c1no[n+]([O-])c1C(=O)C(Br)=NO. The van der Waals surface area contributed by atoms with Crippen LogP contribution in [0, 0.1) is 5.21 Å². The second kappa shape index (κ2) is 5.68. The topological polar surface area (TPSA) is 152 Å². The van der Waals surface area contributed by atoms with Crippen LogP contribution in [-0.4, -0.2) is 36.4 Å². The van der Waals surface area contributed by atoms with Gasteiger partial charge in [0.15, 0.2) is 9.24 Å². The molecule has 96 valence electrons. The van der Waals surface area contributed by atoms with E-state index in [4.69, 9.17) is 10.4 Å². The lowest BCUT2D eigenvalue weighted by Gasteiger charge is -1.94. The maximum absolute atomic E-state index is 11.6. The molecular weight excluding hydrogens is 384 g/mol. The first-order valence-corrected chi connectivity index (χ1v) is 5.46. The minimum Gasteiger partial charge on any atom is -0.410 e. The monoisotopic (exact) mass is 384 g/mol. The van der Waals surface area contributed by atoms with Crippen LogP contribution in [0.25, 0.3) is 0 Å². The van der Waals surface area contributed by atoms with Crippen LogP contribution in [0.2, 0.25) is 0 Å². The molecule has 0 spiro atoms. The third-order valence-electron chi connectivity index (χ3n) is 1.59. The minimum atomic E-state index is -1.14. The van der Waals surface area contributed by atoms with E-state index < -0.39 is 32.2 Å². The molecule has 0 fully saturated rings. The molecule has 1 aromatic heterocycles. The number of ketones is 2. The van der Waals surface area contributed by atoms with Crippen LogP contribution in [-0.2, 0) is 0 Å². The van der Waals surface area contributed by atoms with Crippen molar-refractivity contribution in [2.45, 2.75) is 0 Å². The summed E-state index contributed by atoms with van der Waals surface area (Å²) >= 11 is 5.14. The number of nitrogens with zero attached hydrogens (tertiary/aromatic N) is 4. The van der Waals surface area contributed by atoms with E-state index >= 15 is 0 Å². The van der Waals surface area contributed by atoms with Gasteiger partial charge in [-0.3, -0.25) is 14.2 Å². The lowest BCUT2D eigenvalue weighted by molar-refractivity contribution is -0.803. The molecule has 0 aliphatic heterocycles. The summed E-state index contributed by atoms with van der Waals surface area (Å²) in [6, 6.07) is 0. The number of halogens is 2. The largest absolute Gasteiger partial charge is 0.410 e. The van der Waals surface area contributed by atoms with E-state index in [2.05, 4.69) is 52.0 Å². The summed E-state index contributed by atoms with van der Waals surface area (Å²) in [5, 5.41) is 36.0. The Balaban J connectivity index is 3.34. The van der Waals surface area contributed by atoms with Crippen molar-refractivity contribution in [3.63, 3.8) is 0 Å². The van der Waals surface area contributed by atoms with E-state index in [9.17, 15) is 14.8 Å². The standard InChI is InChI=1S/C6H2Br2N4O6/c7-5(9-15)3(13)1-2(12(17)18-11-1)4(14)6(8)10-16/h15-16H. The third kappa shape index (κ3) is 2.53. The van der Waals surface area contributed by atoms with Crippen molar-refractivity contribution in [3.8, 4) is 0 Å². The molecule has 18 heavy (non-hydrogen) atoms. The van der Waals surface area contributed by atoms with Gasteiger partial charge >= 0.3 is 5.69 Å². The normalized spacial score (nSPS) is 12.6. The van der Waals surface area contributed by atoms with Crippen molar-refractivity contribution in [2.24, 2.45) is 10.3 Å². The Labute approximate surface area is 114 Å². The lowest BCUT2D eigenvalue weighted by Crippen LogP contribution is -2.34. The van der Waals surface area contributed by atoms with Gasteiger partial charge in [-0.1, -0.05) is 10.3 Å². The lowest BCUT2D eigenvalue weighted by atomic mass is 10.2. The van der Waals surface area contributed by atoms with Crippen molar-refractivity contribution in [1.82, 2.24) is 5.16 Å². The van der Waals surface area contributed by atoms with Crippen LogP contribution in [0.5, 0.6) is 0 Å². The number of oxime groups is 2. The van der Waals surface area contributed by atoms with E-state index in [1.807, 2.05) is 0 Å². The zero-order valence-electron chi connectivity index (χ0n) is 8.07. The Morgan fingerprint density at radius 2 is 1.72 bits per heavy atom. The van der Waals surface area contributed by atoms with E-state index in [0.717, 1.165) is 0 Å². The number of rotatable bonds is 4. The molecule has 10 nitrogen and oxygen atoms in total. The summed E-state index contributed by atoms with van der Waals surface area (Å²) in [6.45, 7) is 0. The van der Waals surface area contributed by atoms with E-state index in [1.54, 1.807) is 0 Å². The van der Waals surface area contributed by atoms with Crippen molar-refractivity contribution in [1.29, 1.82) is 0 Å². The first-order chi connectivity index (χ1) is 8.43. The molecule has 1 heterocycles. The summed E-state index contributed by atoms with van der Waals surface area (Å²) in [6.07, 6.45) is 0. The van der Waals surface area contributed by atoms with Crippen molar-refractivity contribution in [3.05, 3.63) is 16.6 Å². The summed E-state index contributed by atoms with van der Waals surface area (Å²) < 4.78 is 2.85. The highest BCUT2D eigenvalue weighted by molar-refractivity contribution is 9.19. The molecule has 0 radical (unpaired) electrons. The predicted molar refractivity (Wildman–Crippen MR) is 60.4 cm³/mol. The minimum absolute atomic E-state index is 0.348. The molecule has 0 saturated carbocycles. The zero-order valence-corrected chi connectivity index (χ0v) is 11.2. The van der Waals surface area contributed by atoms with Gasteiger partial charge in [0.25, 0.3) is 17.3 Å². The molecule has 0 aromatic carbocycles. The Bertz CT molecular complexity index is 564. The number of hydrogen-bond acceptors (Lipinski definition) is 9. The average Bonchev–Trinajstić information content (AvgIpc) is 2.76. The van der Waals surface area contributed by atoms with Crippen LogP contribution in [0.3, 0.4) is 0 Å². The average molecular weight is 386 g/mol. The van der Waals surface area contributed by atoms with E-state index in [-0.39, 0.29) is 4.90 Å². The molecule has 0 aliphatic rings. The molecule has 0 unspecified atom stereocenters. The van der Waals surface area contributed by atoms with Crippen LogP contribution < -0.4 is 4.90 Å². The van der Waals surface area contributed by atoms with Gasteiger partial charge in [-0.2, -0.15) is 0 Å².